The fraction of sp³-hybridized carbons (Fsp3) is 0.588. The van der Waals surface area contributed by atoms with Crippen LogP contribution in [0, 0.1) is 5.92 Å². The number of hydrogen-bond acceptors (Lipinski definition) is 2. The van der Waals surface area contributed by atoms with Crippen molar-refractivity contribution < 1.29 is 0 Å². The van der Waals surface area contributed by atoms with Gasteiger partial charge in [0.15, 0.2) is 5.96 Å². The molecule has 0 heterocycles. The van der Waals surface area contributed by atoms with Crippen LogP contribution < -0.4 is 15.5 Å². The fourth-order valence-electron chi connectivity index (χ4n) is 2.15. The van der Waals surface area contributed by atoms with E-state index in [1.165, 1.54) is 24.1 Å². The van der Waals surface area contributed by atoms with E-state index in [9.17, 15) is 0 Å². The zero-order valence-corrected chi connectivity index (χ0v) is 16.3. The highest BCUT2D eigenvalue weighted by Gasteiger charge is 2.20. The normalized spacial score (nSPS) is 14.2. The Labute approximate surface area is 151 Å². The number of aliphatic imine (C=N–C) groups is 1. The molecule has 2 N–H and O–H groups in total. The van der Waals surface area contributed by atoms with E-state index in [0.717, 1.165) is 37.9 Å². The summed E-state index contributed by atoms with van der Waals surface area (Å²) in [7, 11) is 4.13. The van der Waals surface area contributed by atoms with Gasteiger partial charge in [-0.15, -0.1) is 24.0 Å². The highest BCUT2D eigenvalue weighted by atomic mass is 127. The van der Waals surface area contributed by atoms with Gasteiger partial charge in [0.2, 0.25) is 0 Å². The first-order valence-corrected chi connectivity index (χ1v) is 7.97. The second-order valence-corrected chi connectivity index (χ2v) is 5.90. The largest absolute Gasteiger partial charge is 0.378 e. The zero-order valence-electron chi connectivity index (χ0n) is 13.9. The van der Waals surface area contributed by atoms with Crippen molar-refractivity contribution in [3.63, 3.8) is 0 Å². The Hall–Kier alpha value is -0.980. The minimum atomic E-state index is 0. The fourth-order valence-corrected chi connectivity index (χ4v) is 2.15. The summed E-state index contributed by atoms with van der Waals surface area (Å²) in [6, 6.07) is 8.74. The standard InChI is InChI=1S/C17H28N4.HI/c1-4-18-17(20-13-15-5-6-15)19-12-11-14-7-9-16(10-8-14)21(2)3;/h7-10,15H,4-6,11-13H2,1-3H3,(H2,18,19,20);1H. The molecule has 124 valence electrons. The average Bonchev–Trinajstić information content (AvgIpc) is 3.29. The Bertz CT molecular complexity index is 452. The van der Waals surface area contributed by atoms with Gasteiger partial charge < -0.3 is 15.5 Å². The molecule has 1 saturated carbocycles. The molecule has 0 spiro atoms. The summed E-state index contributed by atoms with van der Waals surface area (Å²) in [4.78, 5) is 6.75. The third-order valence-electron chi connectivity index (χ3n) is 3.71. The van der Waals surface area contributed by atoms with Gasteiger partial charge in [-0.25, -0.2) is 0 Å². The van der Waals surface area contributed by atoms with Crippen LogP contribution in [-0.4, -0.2) is 39.7 Å². The predicted octanol–water partition coefficient (Wildman–Crippen LogP) is 2.88. The molecular formula is C17H29IN4. The first-order chi connectivity index (χ1) is 10.2. The molecule has 0 saturated heterocycles. The zero-order chi connectivity index (χ0) is 15.1. The highest BCUT2D eigenvalue weighted by molar-refractivity contribution is 14.0. The molecule has 0 aliphatic heterocycles. The maximum absolute atomic E-state index is 4.63. The molecule has 1 aromatic rings. The molecule has 2 rings (SSSR count). The van der Waals surface area contributed by atoms with Crippen LogP contribution in [0.4, 0.5) is 5.69 Å². The molecule has 0 bridgehead atoms. The lowest BCUT2D eigenvalue weighted by atomic mass is 10.1. The van der Waals surface area contributed by atoms with Crippen LogP contribution in [-0.2, 0) is 6.42 Å². The molecule has 22 heavy (non-hydrogen) atoms. The summed E-state index contributed by atoms with van der Waals surface area (Å²) in [5.41, 5.74) is 2.59. The highest BCUT2D eigenvalue weighted by Crippen LogP contribution is 2.28. The summed E-state index contributed by atoms with van der Waals surface area (Å²) in [6.45, 7) is 4.90. The molecule has 0 amide bonds. The third-order valence-corrected chi connectivity index (χ3v) is 3.71. The van der Waals surface area contributed by atoms with Gasteiger partial charge in [0, 0.05) is 39.4 Å². The van der Waals surface area contributed by atoms with Crippen molar-refractivity contribution in [1.82, 2.24) is 10.6 Å². The Morgan fingerprint density at radius 3 is 2.41 bits per heavy atom. The van der Waals surface area contributed by atoms with Gasteiger partial charge in [-0.2, -0.15) is 0 Å². The second-order valence-electron chi connectivity index (χ2n) is 5.90. The van der Waals surface area contributed by atoms with E-state index in [-0.39, 0.29) is 24.0 Å². The maximum atomic E-state index is 4.63. The van der Waals surface area contributed by atoms with Crippen molar-refractivity contribution in [2.75, 3.05) is 38.6 Å². The van der Waals surface area contributed by atoms with Crippen LogP contribution in [0.1, 0.15) is 25.3 Å². The van der Waals surface area contributed by atoms with E-state index < -0.39 is 0 Å². The second kappa shape index (κ2) is 9.92. The van der Waals surface area contributed by atoms with Gasteiger partial charge in [0.05, 0.1) is 0 Å². The molecule has 1 fully saturated rings. The van der Waals surface area contributed by atoms with Crippen molar-refractivity contribution >= 4 is 35.6 Å². The maximum Gasteiger partial charge on any atom is 0.191 e. The Kier molecular flexibility index (Phi) is 8.60. The number of hydrogen-bond donors (Lipinski definition) is 2. The van der Waals surface area contributed by atoms with Crippen molar-refractivity contribution in [1.29, 1.82) is 0 Å². The minimum absolute atomic E-state index is 0. The molecule has 5 heteroatoms. The molecule has 1 aromatic carbocycles. The lowest BCUT2D eigenvalue weighted by Gasteiger charge is -2.13. The first-order valence-electron chi connectivity index (χ1n) is 7.97. The van der Waals surface area contributed by atoms with Gasteiger partial charge in [0.25, 0.3) is 0 Å². The third kappa shape index (κ3) is 6.85. The average molecular weight is 416 g/mol. The van der Waals surface area contributed by atoms with E-state index in [2.05, 4.69) is 65.8 Å². The summed E-state index contributed by atoms with van der Waals surface area (Å²) in [5, 5.41) is 6.73. The van der Waals surface area contributed by atoms with Gasteiger partial charge in [0.1, 0.15) is 0 Å². The molecule has 0 radical (unpaired) electrons. The van der Waals surface area contributed by atoms with E-state index >= 15 is 0 Å². The van der Waals surface area contributed by atoms with Crippen LogP contribution in [0.25, 0.3) is 0 Å². The van der Waals surface area contributed by atoms with Crippen molar-refractivity contribution in [3.05, 3.63) is 29.8 Å². The predicted molar refractivity (Wildman–Crippen MR) is 107 cm³/mol. The Balaban J connectivity index is 0.00000242. The lowest BCUT2D eigenvalue weighted by Crippen LogP contribution is -2.38. The lowest BCUT2D eigenvalue weighted by molar-refractivity contribution is 0.777. The summed E-state index contributed by atoms with van der Waals surface area (Å²) in [6.07, 6.45) is 3.71. The van der Waals surface area contributed by atoms with Crippen molar-refractivity contribution in [3.8, 4) is 0 Å². The Morgan fingerprint density at radius 2 is 1.86 bits per heavy atom. The van der Waals surface area contributed by atoms with Gasteiger partial charge in [-0.1, -0.05) is 12.1 Å². The number of anilines is 1. The summed E-state index contributed by atoms with van der Waals surface area (Å²) >= 11 is 0. The van der Waals surface area contributed by atoms with E-state index in [1.54, 1.807) is 0 Å². The van der Waals surface area contributed by atoms with Crippen molar-refractivity contribution in [2.45, 2.75) is 26.2 Å². The van der Waals surface area contributed by atoms with Crippen LogP contribution in [0.2, 0.25) is 0 Å². The Morgan fingerprint density at radius 1 is 1.18 bits per heavy atom. The SMILES string of the molecule is CCNC(=NCC1CC1)NCCc1ccc(N(C)C)cc1.I. The van der Waals surface area contributed by atoms with Crippen LogP contribution in [0.15, 0.2) is 29.3 Å². The molecule has 1 aliphatic carbocycles. The smallest absolute Gasteiger partial charge is 0.191 e. The van der Waals surface area contributed by atoms with Crippen LogP contribution in [0.5, 0.6) is 0 Å². The molecule has 4 nitrogen and oxygen atoms in total. The minimum Gasteiger partial charge on any atom is -0.378 e. The molecule has 1 aliphatic rings. The van der Waals surface area contributed by atoms with Gasteiger partial charge in [-0.3, -0.25) is 4.99 Å². The van der Waals surface area contributed by atoms with Gasteiger partial charge >= 0.3 is 0 Å². The van der Waals surface area contributed by atoms with E-state index in [0.29, 0.717) is 0 Å². The molecular weight excluding hydrogens is 387 g/mol. The summed E-state index contributed by atoms with van der Waals surface area (Å²) in [5.74, 6) is 1.79. The first kappa shape index (κ1) is 19.1. The van der Waals surface area contributed by atoms with E-state index in [4.69, 9.17) is 0 Å². The molecule has 0 aromatic heterocycles. The molecule has 0 atom stereocenters. The number of rotatable bonds is 7. The number of nitrogens with zero attached hydrogens (tertiary/aromatic N) is 2. The summed E-state index contributed by atoms with van der Waals surface area (Å²) < 4.78 is 0. The number of nitrogens with one attached hydrogen (secondary N) is 2. The quantitative estimate of drug-likeness (QED) is 0.408. The van der Waals surface area contributed by atoms with Crippen LogP contribution >= 0.6 is 24.0 Å². The van der Waals surface area contributed by atoms with E-state index in [1.807, 2.05) is 0 Å². The monoisotopic (exact) mass is 416 g/mol. The van der Waals surface area contributed by atoms with Crippen molar-refractivity contribution in [2.24, 2.45) is 10.9 Å². The van der Waals surface area contributed by atoms with Crippen LogP contribution in [0.3, 0.4) is 0 Å². The molecule has 0 unspecified atom stereocenters. The van der Waals surface area contributed by atoms with Gasteiger partial charge in [-0.05, 0) is 49.8 Å². The number of benzene rings is 1. The topological polar surface area (TPSA) is 39.7 Å². The number of guanidine groups is 1. The number of halogens is 1.